The van der Waals surface area contributed by atoms with Crippen LogP contribution in [0.4, 0.5) is 11.9 Å². The van der Waals surface area contributed by atoms with Crippen LogP contribution in [-0.4, -0.2) is 55.8 Å². The lowest BCUT2D eigenvalue weighted by Gasteiger charge is -2.27. The second kappa shape index (κ2) is 6.97. The van der Waals surface area contributed by atoms with E-state index in [1.165, 1.54) is 6.42 Å². The average Bonchev–Trinajstić information content (AvgIpc) is 3.34. The van der Waals surface area contributed by atoms with Gasteiger partial charge >= 0.3 is 0 Å². The van der Waals surface area contributed by atoms with E-state index < -0.39 is 0 Å². The average molecular weight is 380 g/mol. The van der Waals surface area contributed by atoms with E-state index in [9.17, 15) is 0 Å². The van der Waals surface area contributed by atoms with E-state index in [1.54, 1.807) is 12.4 Å². The Morgan fingerprint density at radius 3 is 2.57 bits per heavy atom. The number of fused-ring (bicyclic) bond motifs is 1. The highest BCUT2D eigenvalue weighted by atomic mass is 16.5. The molecule has 1 saturated heterocycles. The standard InChI is InChI=1S/C19H24N8O/c1-12-2-3-14(8-12)27-11-23-16-15(13-9-21-18(20)22-10-13)24-19(25-17(16)27)26-4-6-28-7-5-26/h9-12,14H,2-8H2,1H3,(H2,20,21,22). The summed E-state index contributed by atoms with van der Waals surface area (Å²) in [5.74, 6) is 1.68. The number of ether oxygens (including phenoxy) is 1. The van der Waals surface area contributed by atoms with E-state index >= 15 is 0 Å². The predicted molar refractivity (Wildman–Crippen MR) is 106 cm³/mol. The maximum atomic E-state index is 5.67. The minimum atomic E-state index is 0.243. The third kappa shape index (κ3) is 3.05. The fraction of sp³-hybridized carbons (Fsp3) is 0.526. The fourth-order valence-corrected chi connectivity index (χ4v) is 4.17. The molecule has 1 saturated carbocycles. The molecule has 9 nitrogen and oxygen atoms in total. The zero-order valence-corrected chi connectivity index (χ0v) is 16.0. The minimum absolute atomic E-state index is 0.243. The zero-order chi connectivity index (χ0) is 19.1. The molecule has 0 bridgehead atoms. The molecule has 28 heavy (non-hydrogen) atoms. The monoisotopic (exact) mass is 380 g/mol. The van der Waals surface area contributed by atoms with Crippen LogP contribution in [0.3, 0.4) is 0 Å². The molecular weight excluding hydrogens is 356 g/mol. The van der Waals surface area contributed by atoms with Crippen molar-refractivity contribution in [2.45, 2.75) is 32.2 Å². The van der Waals surface area contributed by atoms with Crippen molar-refractivity contribution in [3.05, 3.63) is 18.7 Å². The van der Waals surface area contributed by atoms with Crippen LogP contribution in [0.25, 0.3) is 22.4 Å². The lowest BCUT2D eigenvalue weighted by molar-refractivity contribution is 0.122. The van der Waals surface area contributed by atoms with Gasteiger partial charge in [0.1, 0.15) is 11.2 Å². The molecule has 3 aromatic heterocycles. The summed E-state index contributed by atoms with van der Waals surface area (Å²) in [7, 11) is 0. The summed E-state index contributed by atoms with van der Waals surface area (Å²) in [5.41, 5.74) is 8.87. The van der Waals surface area contributed by atoms with Crippen LogP contribution in [-0.2, 0) is 4.74 Å². The Kier molecular flexibility index (Phi) is 4.31. The summed E-state index contributed by atoms with van der Waals surface area (Å²) in [4.78, 5) is 24.9. The Morgan fingerprint density at radius 2 is 1.86 bits per heavy atom. The summed E-state index contributed by atoms with van der Waals surface area (Å²) >= 11 is 0. The Bertz CT molecular complexity index is 980. The third-order valence-electron chi connectivity index (χ3n) is 5.71. The fourth-order valence-electron chi connectivity index (χ4n) is 4.17. The molecule has 0 radical (unpaired) electrons. The summed E-state index contributed by atoms with van der Waals surface area (Å²) < 4.78 is 7.72. The quantitative estimate of drug-likeness (QED) is 0.736. The topological polar surface area (TPSA) is 108 Å². The number of nitrogen functional groups attached to an aromatic ring is 1. The van der Waals surface area contributed by atoms with Gasteiger partial charge in [-0.3, -0.25) is 0 Å². The van der Waals surface area contributed by atoms with Crippen molar-refractivity contribution < 1.29 is 4.74 Å². The first-order chi connectivity index (χ1) is 13.7. The molecule has 9 heteroatoms. The number of morpholine rings is 1. The third-order valence-corrected chi connectivity index (χ3v) is 5.71. The van der Waals surface area contributed by atoms with Crippen LogP contribution in [0.15, 0.2) is 18.7 Å². The number of imidazole rings is 1. The lowest BCUT2D eigenvalue weighted by Crippen LogP contribution is -2.37. The van der Waals surface area contributed by atoms with E-state index in [1.807, 2.05) is 6.33 Å². The number of aromatic nitrogens is 6. The molecule has 0 spiro atoms. The Balaban J connectivity index is 1.66. The number of hydrogen-bond donors (Lipinski definition) is 1. The highest BCUT2D eigenvalue weighted by Gasteiger charge is 2.27. The predicted octanol–water partition coefficient (Wildman–Crippen LogP) is 2.06. The lowest BCUT2D eigenvalue weighted by atomic mass is 10.1. The van der Waals surface area contributed by atoms with Gasteiger partial charge in [0, 0.05) is 37.1 Å². The SMILES string of the molecule is CC1CCC(n2cnc3c(-c4cnc(N)nc4)nc(N4CCOCC4)nc32)C1. The number of rotatable bonds is 3. The molecule has 2 unspecified atom stereocenters. The highest BCUT2D eigenvalue weighted by Crippen LogP contribution is 2.37. The second-order valence-electron chi connectivity index (χ2n) is 7.70. The molecule has 0 amide bonds. The Labute approximate surface area is 163 Å². The maximum Gasteiger partial charge on any atom is 0.228 e. The second-order valence-corrected chi connectivity index (χ2v) is 7.70. The van der Waals surface area contributed by atoms with E-state index in [-0.39, 0.29) is 5.95 Å². The molecule has 4 heterocycles. The minimum Gasteiger partial charge on any atom is -0.378 e. The summed E-state index contributed by atoms with van der Waals surface area (Å²) in [6, 6.07) is 0.433. The van der Waals surface area contributed by atoms with Gasteiger partial charge in [-0.05, 0) is 25.2 Å². The van der Waals surface area contributed by atoms with Gasteiger partial charge in [0.15, 0.2) is 5.65 Å². The molecule has 3 aromatic rings. The van der Waals surface area contributed by atoms with Crippen LogP contribution in [0.5, 0.6) is 0 Å². The summed E-state index contributed by atoms with van der Waals surface area (Å²) in [6.07, 6.45) is 8.86. The highest BCUT2D eigenvalue weighted by molar-refractivity contribution is 5.88. The number of nitrogens with zero attached hydrogens (tertiary/aromatic N) is 7. The smallest absolute Gasteiger partial charge is 0.228 e. The van der Waals surface area contributed by atoms with E-state index in [0.29, 0.717) is 25.2 Å². The Morgan fingerprint density at radius 1 is 1.07 bits per heavy atom. The van der Waals surface area contributed by atoms with Crippen molar-refractivity contribution in [1.82, 2.24) is 29.5 Å². The molecule has 1 aliphatic carbocycles. The van der Waals surface area contributed by atoms with Gasteiger partial charge in [0.2, 0.25) is 11.9 Å². The molecule has 2 N–H and O–H groups in total. The molecule has 0 aromatic carbocycles. The summed E-state index contributed by atoms with van der Waals surface area (Å²) in [5, 5.41) is 0. The van der Waals surface area contributed by atoms with Crippen LogP contribution in [0.1, 0.15) is 32.2 Å². The largest absolute Gasteiger partial charge is 0.378 e. The van der Waals surface area contributed by atoms with E-state index in [0.717, 1.165) is 54.3 Å². The van der Waals surface area contributed by atoms with Crippen molar-refractivity contribution in [2.75, 3.05) is 36.9 Å². The van der Waals surface area contributed by atoms with Gasteiger partial charge in [-0.25, -0.2) is 19.9 Å². The maximum absolute atomic E-state index is 5.67. The molecule has 1 aliphatic heterocycles. The van der Waals surface area contributed by atoms with Crippen molar-refractivity contribution in [3.8, 4) is 11.3 Å². The van der Waals surface area contributed by atoms with Crippen molar-refractivity contribution in [2.24, 2.45) is 5.92 Å². The van der Waals surface area contributed by atoms with Gasteiger partial charge < -0.3 is 19.9 Å². The number of anilines is 2. The van der Waals surface area contributed by atoms with Crippen molar-refractivity contribution in [1.29, 1.82) is 0 Å². The first kappa shape index (κ1) is 17.3. The first-order valence-electron chi connectivity index (χ1n) is 9.84. The van der Waals surface area contributed by atoms with E-state index in [2.05, 4.69) is 31.3 Å². The molecule has 2 fully saturated rings. The number of hydrogen-bond acceptors (Lipinski definition) is 8. The van der Waals surface area contributed by atoms with Crippen LogP contribution >= 0.6 is 0 Å². The van der Waals surface area contributed by atoms with Gasteiger partial charge in [-0.2, -0.15) is 4.98 Å². The van der Waals surface area contributed by atoms with Crippen molar-refractivity contribution in [3.63, 3.8) is 0 Å². The normalized spacial score (nSPS) is 22.8. The van der Waals surface area contributed by atoms with Crippen LogP contribution in [0, 0.1) is 5.92 Å². The zero-order valence-electron chi connectivity index (χ0n) is 16.0. The van der Waals surface area contributed by atoms with Gasteiger partial charge in [0.25, 0.3) is 0 Å². The Hall–Kier alpha value is -2.81. The van der Waals surface area contributed by atoms with Gasteiger partial charge in [-0.1, -0.05) is 6.92 Å². The number of nitrogens with two attached hydrogens (primary N) is 1. The molecule has 2 aliphatic rings. The van der Waals surface area contributed by atoms with Gasteiger partial charge in [0.05, 0.1) is 19.5 Å². The van der Waals surface area contributed by atoms with E-state index in [4.69, 9.17) is 20.4 Å². The summed E-state index contributed by atoms with van der Waals surface area (Å²) in [6.45, 7) is 5.22. The molecule has 5 rings (SSSR count). The molecule has 2 atom stereocenters. The van der Waals surface area contributed by atoms with Crippen LogP contribution in [0.2, 0.25) is 0 Å². The first-order valence-corrected chi connectivity index (χ1v) is 9.84. The molecule has 146 valence electrons. The molecular formula is C19H24N8O. The van der Waals surface area contributed by atoms with Crippen LogP contribution < -0.4 is 10.6 Å². The van der Waals surface area contributed by atoms with Gasteiger partial charge in [-0.15, -0.1) is 0 Å². The van der Waals surface area contributed by atoms with Crippen molar-refractivity contribution >= 4 is 23.1 Å².